The summed E-state index contributed by atoms with van der Waals surface area (Å²) in [6, 6.07) is 7.14. The fraction of sp³-hybridized carbons (Fsp3) is 0.429. The molecule has 0 unspecified atom stereocenters. The predicted molar refractivity (Wildman–Crippen MR) is 66.7 cm³/mol. The van der Waals surface area contributed by atoms with E-state index in [0.717, 1.165) is 5.56 Å². The summed E-state index contributed by atoms with van der Waals surface area (Å²) >= 11 is 0. The van der Waals surface area contributed by atoms with Crippen LogP contribution in [0.2, 0.25) is 0 Å². The maximum absolute atomic E-state index is 12.1. The molecule has 0 bridgehead atoms. The SMILES string of the molecule is COC(=O)CCC(=O)c1ccccc1C1OCCO1. The molecule has 1 fully saturated rings. The van der Waals surface area contributed by atoms with Crippen molar-refractivity contribution in [2.75, 3.05) is 20.3 Å². The van der Waals surface area contributed by atoms with Gasteiger partial charge >= 0.3 is 5.97 Å². The van der Waals surface area contributed by atoms with Crippen molar-refractivity contribution in [2.45, 2.75) is 19.1 Å². The van der Waals surface area contributed by atoms with Crippen LogP contribution < -0.4 is 0 Å². The molecule has 0 saturated carbocycles. The summed E-state index contributed by atoms with van der Waals surface area (Å²) in [6.45, 7) is 1.05. The molecule has 1 heterocycles. The van der Waals surface area contributed by atoms with Crippen molar-refractivity contribution in [1.82, 2.24) is 0 Å². The Balaban J connectivity index is 2.10. The van der Waals surface area contributed by atoms with Gasteiger partial charge in [0.2, 0.25) is 0 Å². The Morgan fingerprint density at radius 3 is 2.58 bits per heavy atom. The molecule has 1 aliphatic rings. The van der Waals surface area contributed by atoms with Crippen LogP contribution in [0.25, 0.3) is 0 Å². The van der Waals surface area contributed by atoms with Crippen LogP contribution in [0.4, 0.5) is 0 Å². The Morgan fingerprint density at radius 1 is 1.21 bits per heavy atom. The van der Waals surface area contributed by atoms with Gasteiger partial charge in [0.25, 0.3) is 0 Å². The minimum atomic E-state index is -0.488. The second-order valence-corrected chi connectivity index (χ2v) is 4.16. The maximum atomic E-state index is 12.1. The van der Waals surface area contributed by atoms with Gasteiger partial charge in [-0.1, -0.05) is 24.3 Å². The number of ketones is 1. The van der Waals surface area contributed by atoms with Crippen LogP contribution in [-0.4, -0.2) is 32.1 Å². The molecule has 1 saturated heterocycles. The topological polar surface area (TPSA) is 61.8 Å². The Labute approximate surface area is 111 Å². The molecule has 102 valence electrons. The fourth-order valence-electron chi connectivity index (χ4n) is 1.95. The molecule has 5 heteroatoms. The van der Waals surface area contributed by atoms with Gasteiger partial charge in [0, 0.05) is 17.5 Å². The summed E-state index contributed by atoms with van der Waals surface area (Å²) in [6.07, 6.45) is -0.287. The van der Waals surface area contributed by atoms with E-state index in [9.17, 15) is 9.59 Å². The summed E-state index contributed by atoms with van der Waals surface area (Å²) in [7, 11) is 1.31. The first-order valence-electron chi connectivity index (χ1n) is 6.14. The van der Waals surface area contributed by atoms with E-state index in [-0.39, 0.29) is 24.6 Å². The minimum absolute atomic E-state index is 0.0794. The number of benzene rings is 1. The first-order chi connectivity index (χ1) is 9.22. The summed E-state index contributed by atoms with van der Waals surface area (Å²) in [5.74, 6) is -0.501. The Kier molecular flexibility index (Phi) is 4.65. The van der Waals surface area contributed by atoms with Crippen LogP contribution in [0, 0.1) is 0 Å². The van der Waals surface area contributed by atoms with E-state index >= 15 is 0 Å². The molecule has 2 rings (SSSR count). The van der Waals surface area contributed by atoms with Gasteiger partial charge in [0.1, 0.15) is 0 Å². The lowest BCUT2D eigenvalue weighted by Gasteiger charge is -2.13. The number of rotatable bonds is 5. The molecule has 0 aliphatic carbocycles. The number of carbonyl (C=O) groups excluding carboxylic acids is 2. The second-order valence-electron chi connectivity index (χ2n) is 4.16. The lowest BCUT2D eigenvalue weighted by Crippen LogP contribution is -2.10. The van der Waals surface area contributed by atoms with Gasteiger partial charge in [-0.15, -0.1) is 0 Å². The molecule has 0 aromatic heterocycles. The molecule has 19 heavy (non-hydrogen) atoms. The van der Waals surface area contributed by atoms with Crippen molar-refractivity contribution >= 4 is 11.8 Å². The summed E-state index contributed by atoms with van der Waals surface area (Å²) < 4.78 is 15.3. The monoisotopic (exact) mass is 264 g/mol. The lowest BCUT2D eigenvalue weighted by atomic mass is 10.00. The molecule has 1 aromatic rings. The Bertz CT molecular complexity index is 463. The molecule has 0 atom stereocenters. The van der Waals surface area contributed by atoms with Gasteiger partial charge in [-0.05, 0) is 0 Å². The van der Waals surface area contributed by atoms with Gasteiger partial charge in [-0.2, -0.15) is 0 Å². The third-order valence-electron chi connectivity index (χ3n) is 2.92. The number of Topliss-reactive ketones (excluding diaryl/α,β-unsaturated/α-hetero) is 1. The van der Waals surface area contributed by atoms with Crippen molar-refractivity contribution < 1.29 is 23.8 Å². The number of esters is 1. The van der Waals surface area contributed by atoms with Crippen molar-refractivity contribution in [3.8, 4) is 0 Å². The maximum Gasteiger partial charge on any atom is 0.305 e. The van der Waals surface area contributed by atoms with E-state index in [1.54, 1.807) is 18.2 Å². The summed E-state index contributed by atoms with van der Waals surface area (Å²) in [5.41, 5.74) is 1.26. The van der Waals surface area contributed by atoms with Crippen molar-refractivity contribution in [1.29, 1.82) is 0 Å². The molecule has 0 amide bonds. The van der Waals surface area contributed by atoms with E-state index in [0.29, 0.717) is 18.8 Å². The van der Waals surface area contributed by atoms with Crippen LogP contribution >= 0.6 is 0 Å². The van der Waals surface area contributed by atoms with Crippen molar-refractivity contribution in [3.05, 3.63) is 35.4 Å². The normalized spacial score (nSPS) is 15.4. The molecular weight excluding hydrogens is 248 g/mol. The minimum Gasteiger partial charge on any atom is -0.469 e. The van der Waals surface area contributed by atoms with Crippen molar-refractivity contribution in [2.24, 2.45) is 0 Å². The van der Waals surface area contributed by atoms with Crippen LogP contribution in [0.1, 0.15) is 35.1 Å². The Hall–Kier alpha value is -1.72. The molecule has 0 N–H and O–H groups in total. The smallest absolute Gasteiger partial charge is 0.305 e. The number of hydrogen-bond acceptors (Lipinski definition) is 5. The highest BCUT2D eigenvalue weighted by Gasteiger charge is 2.23. The molecular formula is C14H16O5. The Morgan fingerprint density at radius 2 is 1.89 bits per heavy atom. The van der Waals surface area contributed by atoms with E-state index in [2.05, 4.69) is 4.74 Å². The summed E-state index contributed by atoms with van der Waals surface area (Å²) in [4.78, 5) is 23.2. The third-order valence-corrected chi connectivity index (χ3v) is 2.92. The van der Waals surface area contributed by atoms with Crippen LogP contribution in [0.3, 0.4) is 0 Å². The number of carbonyl (C=O) groups is 2. The van der Waals surface area contributed by atoms with Gasteiger partial charge < -0.3 is 14.2 Å². The van der Waals surface area contributed by atoms with Gasteiger partial charge in [0.05, 0.1) is 26.7 Å². The first-order valence-corrected chi connectivity index (χ1v) is 6.14. The highest BCUT2D eigenvalue weighted by atomic mass is 16.7. The van der Waals surface area contributed by atoms with Gasteiger partial charge in [-0.25, -0.2) is 0 Å². The van der Waals surface area contributed by atoms with Crippen molar-refractivity contribution in [3.63, 3.8) is 0 Å². The number of methoxy groups -OCH3 is 1. The zero-order valence-electron chi connectivity index (χ0n) is 10.8. The fourth-order valence-corrected chi connectivity index (χ4v) is 1.95. The largest absolute Gasteiger partial charge is 0.469 e. The number of ether oxygens (including phenoxy) is 3. The van der Waals surface area contributed by atoms with E-state index in [4.69, 9.17) is 9.47 Å². The third kappa shape index (κ3) is 3.39. The first kappa shape index (κ1) is 13.7. The highest BCUT2D eigenvalue weighted by molar-refractivity contribution is 5.98. The summed E-state index contributed by atoms with van der Waals surface area (Å²) in [5, 5.41) is 0. The average Bonchev–Trinajstić information content (AvgIpc) is 2.98. The number of hydrogen-bond donors (Lipinski definition) is 0. The van der Waals surface area contributed by atoms with E-state index in [1.165, 1.54) is 7.11 Å². The molecule has 0 spiro atoms. The van der Waals surface area contributed by atoms with Crippen LogP contribution in [-0.2, 0) is 19.0 Å². The van der Waals surface area contributed by atoms with Crippen LogP contribution in [0.5, 0.6) is 0 Å². The highest BCUT2D eigenvalue weighted by Crippen LogP contribution is 2.27. The van der Waals surface area contributed by atoms with Crippen LogP contribution in [0.15, 0.2) is 24.3 Å². The average molecular weight is 264 g/mol. The molecule has 5 nitrogen and oxygen atoms in total. The quantitative estimate of drug-likeness (QED) is 0.600. The second kappa shape index (κ2) is 6.45. The predicted octanol–water partition coefficient (Wildman–Crippen LogP) is 1.87. The zero-order valence-corrected chi connectivity index (χ0v) is 10.8. The van der Waals surface area contributed by atoms with E-state index in [1.807, 2.05) is 6.07 Å². The van der Waals surface area contributed by atoms with E-state index < -0.39 is 6.29 Å². The molecule has 1 aromatic carbocycles. The lowest BCUT2D eigenvalue weighted by molar-refractivity contribution is -0.140. The zero-order chi connectivity index (χ0) is 13.7. The molecule has 1 aliphatic heterocycles. The molecule has 0 radical (unpaired) electrons. The standard InChI is InChI=1S/C14H16O5/c1-17-13(16)7-6-12(15)10-4-2-3-5-11(10)14-18-8-9-19-14/h2-5,14H,6-9H2,1H3. The van der Waals surface area contributed by atoms with Gasteiger partial charge in [0.15, 0.2) is 12.1 Å². The van der Waals surface area contributed by atoms with Gasteiger partial charge in [-0.3, -0.25) is 9.59 Å².